The molecule has 0 bridgehead atoms. The number of carbonyl (C=O) groups excluding carboxylic acids is 1. The number of carbonyl (C=O) groups is 1. The smallest absolute Gasteiger partial charge is 0.151 e. The van der Waals surface area contributed by atoms with Crippen LogP contribution in [0.25, 0.3) is 0 Å². The fraction of sp³-hybridized carbons (Fsp3) is 0.647. The van der Waals surface area contributed by atoms with E-state index in [1.54, 1.807) is 6.20 Å². The van der Waals surface area contributed by atoms with Gasteiger partial charge in [-0.1, -0.05) is 19.3 Å². The predicted molar refractivity (Wildman–Crippen MR) is 84.7 cm³/mol. The molecule has 2 aliphatic rings. The highest BCUT2D eigenvalue weighted by atomic mass is 16.1. The molecule has 0 aromatic carbocycles. The molecule has 2 fully saturated rings. The van der Waals surface area contributed by atoms with Crippen LogP contribution in [0.4, 0.5) is 5.82 Å². The summed E-state index contributed by atoms with van der Waals surface area (Å²) in [7, 11) is 0. The average molecular weight is 287 g/mol. The molecule has 1 aromatic rings. The van der Waals surface area contributed by atoms with Gasteiger partial charge in [0.1, 0.15) is 5.82 Å². The summed E-state index contributed by atoms with van der Waals surface area (Å²) >= 11 is 0. The monoisotopic (exact) mass is 287 g/mol. The summed E-state index contributed by atoms with van der Waals surface area (Å²) in [6, 6.07) is 4.20. The van der Waals surface area contributed by atoms with Crippen molar-refractivity contribution in [2.75, 3.05) is 25.0 Å². The van der Waals surface area contributed by atoms with E-state index < -0.39 is 0 Å². The van der Waals surface area contributed by atoms with Crippen molar-refractivity contribution in [3.05, 3.63) is 23.9 Å². The molecule has 1 aliphatic heterocycles. The van der Waals surface area contributed by atoms with Crippen molar-refractivity contribution < 1.29 is 4.79 Å². The Hall–Kier alpha value is -1.42. The maximum absolute atomic E-state index is 10.6. The number of aldehydes is 1. The molecule has 3 rings (SSSR count). The topological polar surface area (TPSA) is 45.2 Å². The third-order valence-electron chi connectivity index (χ3n) is 4.79. The number of nitrogens with zero attached hydrogens (tertiary/aromatic N) is 2. The van der Waals surface area contributed by atoms with Crippen LogP contribution in [0.1, 0.15) is 48.9 Å². The molecular formula is C17H25N3O. The molecule has 1 aromatic heterocycles. The Morgan fingerprint density at radius 1 is 1.24 bits per heavy atom. The number of anilines is 1. The van der Waals surface area contributed by atoms with Crippen LogP contribution in [0.2, 0.25) is 0 Å². The van der Waals surface area contributed by atoms with Crippen molar-refractivity contribution in [1.29, 1.82) is 0 Å². The third kappa shape index (κ3) is 4.03. The van der Waals surface area contributed by atoms with Gasteiger partial charge in [-0.3, -0.25) is 4.79 Å². The van der Waals surface area contributed by atoms with Gasteiger partial charge in [-0.05, 0) is 37.3 Å². The van der Waals surface area contributed by atoms with E-state index in [9.17, 15) is 4.79 Å². The van der Waals surface area contributed by atoms with E-state index in [1.165, 1.54) is 51.6 Å². The van der Waals surface area contributed by atoms with Gasteiger partial charge in [0.05, 0.1) is 0 Å². The van der Waals surface area contributed by atoms with Crippen molar-refractivity contribution >= 4 is 12.1 Å². The number of nitrogens with one attached hydrogen (secondary N) is 1. The van der Waals surface area contributed by atoms with Gasteiger partial charge in [0.25, 0.3) is 0 Å². The first-order valence-corrected chi connectivity index (χ1v) is 8.23. The van der Waals surface area contributed by atoms with Crippen LogP contribution < -0.4 is 5.32 Å². The molecule has 1 aliphatic carbocycles. The standard InChI is InChI=1S/C17H25N3O/c21-13-15-6-7-17(18-10-15)19-16-8-9-20(12-16)11-14-4-2-1-3-5-14/h6-7,10,13-14,16H,1-5,8-9,11-12H2,(H,18,19)/t16-/m1/s1. The van der Waals surface area contributed by atoms with E-state index >= 15 is 0 Å². The minimum Gasteiger partial charge on any atom is -0.366 e. The SMILES string of the molecule is O=Cc1ccc(N[C@@H]2CCN(CC3CCCCC3)C2)nc1. The number of likely N-dealkylation sites (tertiary alicyclic amines) is 1. The number of aromatic nitrogens is 1. The molecule has 1 saturated heterocycles. The van der Waals surface area contributed by atoms with Gasteiger partial charge in [-0.15, -0.1) is 0 Å². The van der Waals surface area contributed by atoms with Gasteiger partial charge in [-0.25, -0.2) is 4.98 Å². The second kappa shape index (κ2) is 7.03. The zero-order chi connectivity index (χ0) is 14.5. The first kappa shape index (κ1) is 14.5. The molecular weight excluding hydrogens is 262 g/mol. The van der Waals surface area contributed by atoms with Gasteiger partial charge >= 0.3 is 0 Å². The minimum atomic E-state index is 0.489. The van der Waals surface area contributed by atoms with E-state index in [4.69, 9.17) is 0 Å². The van der Waals surface area contributed by atoms with Gasteiger partial charge in [-0.2, -0.15) is 0 Å². The molecule has 1 N–H and O–H groups in total. The number of pyridine rings is 1. The Labute approximate surface area is 126 Å². The summed E-state index contributed by atoms with van der Waals surface area (Å²) in [5.74, 6) is 1.80. The van der Waals surface area contributed by atoms with Crippen molar-refractivity contribution in [3.8, 4) is 0 Å². The Balaban J connectivity index is 1.46. The lowest BCUT2D eigenvalue weighted by Crippen LogP contribution is -2.31. The highest BCUT2D eigenvalue weighted by Gasteiger charge is 2.25. The molecule has 1 saturated carbocycles. The quantitative estimate of drug-likeness (QED) is 0.846. The van der Waals surface area contributed by atoms with Crippen molar-refractivity contribution in [3.63, 3.8) is 0 Å². The fourth-order valence-electron chi connectivity index (χ4n) is 3.62. The van der Waals surface area contributed by atoms with Crippen molar-refractivity contribution in [2.45, 2.75) is 44.6 Å². The second-order valence-corrected chi connectivity index (χ2v) is 6.49. The Morgan fingerprint density at radius 2 is 2.10 bits per heavy atom. The molecule has 2 heterocycles. The van der Waals surface area contributed by atoms with Crippen LogP contribution >= 0.6 is 0 Å². The Bertz CT molecular complexity index is 454. The molecule has 0 unspecified atom stereocenters. The van der Waals surface area contributed by atoms with E-state index in [1.807, 2.05) is 12.1 Å². The maximum atomic E-state index is 10.6. The van der Waals surface area contributed by atoms with Gasteiger partial charge in [0.15, 0.2) is 6.29 Å². The molecule has 21 heavy (non-hydrogen) atoms. The Morgan fingerprint density at radius 3 is 2.81 bits per heavy atom. The first-order chi connectivity index (χ1) is 10.3. The summed E-state index contributed by atoms with van der Waals surface area (Å²) < 4.78 is 0. The maximum Gasteiger partial charge on any atom is 0.151 e. The normalized spacial score (nSPS) is 24.1. The highest BCUT2D eigenvalue weighted by molar-refractivity contribution is 5.74. The summed E-state index contributed by atoms with van der Waals surface area (Å²) in [6.07, 6.45) is 10.8. The number of hydrogen-bond acceptors (Lipinski definition) is 4. The van der Waals surface area contributed by atoms with E-state index in [-0.39, 0.29) is 0 Å². The molecule has 1 atom stereocenters. The molecule has 4 heteroatoms. The summed E-state index contributed by atoms with van der Waals surface area (Å²) in [5.41, 5.74) is 0.630. The van der Waals surface area contributed by atoms with E-state index in [0.29, 0.717) is 11.6 Å². The largest absolute Gasteiger partial charge is 0.366 e. The molecule has 114 valence electrons. The molecule has 0 spiro atoms. The zero-order valence-electron chi connectivity index (χ0n) is 12.6. The van der Waals surface area contributed by atoms with Crippen LogP contribution in [0.15, 0.2) is 18.3 Å². The lowest BCUT2D eigenvalue weighted by Gasteiger charge is -2.26. The molecule has 4 nitrogen and oxygen atoms in total. The second-order valence-electron chi connectivity index (χ2n) is 6.49. The lowest BCUT2D eigenvalue weighted by atomic mass is 9.89. The van der Waals surface area contributed by atoms with Crippen molar-refractivity contribution in [1.82, 2.24) is 9.88 Å². The van der Waals surface area contributed by atoms with Gasteiger partial charge < -0.3 is 10.2 Å². The highest BCUT2D eigenvalue weighted by Crippen LogP contribution is 2.26. The summed E-state index contributed by atoms with van der Waals surface area (Å²) in [4.78, 5) is 17.5. The summed E-state index contributed by atoms with van der Waals surface area (Å²) in [5, 5.41) is 3.49. The first-order valence-electron chi connectivity index (χ1n) is 8.23. The Kier molecular flexibility index (Phi) is 4.86. The van der Waals surface area contributed by atoms with Gasteiger partial charge in [0.2, 0.25) is 0 Å². The zero-order valence-corrected chi connectivity index (χ0v) is 12.6. The number of hydrogen-bond donors (Lipinski definition) is 1. The lowest BCUT2D eigenvalue weighted by molar-refractivity contribution is 0.112. The summed E-state index contributed by atoms with van der Waals surface area (Å²) in [6.45, 7) is 3.59. The number of rotatable bonds is 5. The van der Waals surface area contributed by atoms with Crippen LogP contribution in [-0.4, -0.2) is 41.8 Å². The predicted octanol–water partition coefficient (Wildman–Crippen LogP) is 2.96. The minimum absolute atomic E-state index is 0.489. The average Bonchev–Trinajstić information content (AvgIpc) is 2.96. The third-order valence-corrected chi connectivity index (χ3v) is 4.79. The van der Waals surface area contributed by atoms with Crippen LogP contribution in [0.5, 0.6) is 0 Å². The van der Waals surface area contributed by atoms with E-state index in [0.717, 1.165) is 24.6 Å². The van der Waals surface area contributed by atoms with E-state index in [2.05, 4.69) is 15.2 Å². The van der Waals surface area contributed by atoms with Crippen LogP contribution in [-0.2, 0) is 0 Å². The van der Waals surface area contributed by atoms with Crippen molar-refractivity contribution in [2.24, 2.45) is 5.92 Å². The van der Waals surface area contributed by atoms with Crippen LogP contribution in [0, 0.1) is 5.92 Å². The molecule has 0 radical (unpaired) electrons. The van der Waals surface area contributed by atoms with Crippen LogP contribution in [0.3, 0.4) is 0 Å². The fourth-order valence-corrected chi connectivity index (χ4v) is 3.62. The molecule has 0 amide bonds. The van der Waals surface area contributed by atoms with Gasteiger partial charge in [0, 0.05) is 37.4 Å².